The van der Waals surface area contributed by atoms with E-state index >= 15 is 0 Å². The van der Waals surface area contributed by atoms with Crippen LogP contribution in [0.25, 0.3) is 6.08 Å². The van der Waals surface area contributed by atoms with Crippen LogP contribution in [0, 0.1) is 0 Å². The van der Waals surface area contributed by atoms with Crippen molar-refractivity contribution in [2.24, 2.45) is 0 Å². The van der Waals surface area contributed by atoms with Crippen LogP contribution in [0.15, 0.2) is 22.6 Å². The number of esters is 1. The lowest BCUT2D eigenvalue weighted by Gasteiger charge is -2.41. The van der Waals surface area contributed by atoms with Gasteiger partial charge in [-0.05, 0) is 52.8 Å². The second-order valence-electron chi connectivity index (χ2n) is 5.50. The molecule has 1 aliphatic rings. The van der Waals surface area contributed by atoms with E-state index in [0.717, 1.165) is 0 Å². The summed E-state index contributed by atoms with van der Waals surface area (Å²) < 4.78 is 114. The summed E-state index contributed by atoms with van der Waals surface area (Å²) in [4.78, 5) is 9.51. The number of alkyl halides is 4. The Bertz CT molecular complexity index is 817. The number of hydrogen-bond donors (Lipinski definition) is 0. The Hall–Kier alpha value is -1.25. The fourth-order valence-corrected chi connectivity index (χ4v) is 3.38. The van der Waals surface area contributed by atoms with E-state index in [-0.39, 0.29) is 23.2 Å². The first kappa shape index (κ1) is 22.0. The van der Waals surface area contributed by atoms with Gasteiger partial charge in [-0.2, -0.15) is 13.2 Å². The van der Waals surface area contributed by atoms with Crippen molar-refractivity contribution >= 4 is 44.9 Å². The van der Waals surface area contributed by atoms with Gasteiger partial charge in [0.1, 0.15) is 15.3 Å². The average Bonchev–Trinajstić information content (AvgIpc) is 2.49. The van der Waals surface area contributed by atoms with E-state index in [2.05, 4.69) is 4.74 Å². The molecule has 0 aromatic heterocycles. The monoisotopic (exact) mass is 538 g/mol. The number of aryl methyl sites for hydroxylation is 1. The predicted molar refractivity (Wildman–Crippen MR) is 90.6 cm³/mol. The van der Waals surface area contributed by atoms with Gasteiger partial charge in [-0.1, -0.05) is 26.4 Å². The molecule has 1 atom stereocenters. The van der Waals surface area contributed by atoms with E-state index in [1.807, 2.05) is 0 Å². The minimum Gasteiger partial charge on any atom is -0.475 e. The smallest absolute Gasteiger partial charge is 0.430 e. The third-order valence-electron chi connectivity index (χ3n) is 3.54. The summed E-state index contributed by atoms with van der Waals surface area (Å²) in [5.74, 6) is -2.12. The van der Waals surface area contributed by atoms with E-state index in [0.29, 0.717) is 6.08 Å². The van der Waals surface area contributed by atoms with Crippen LogP contribution in [0.1, 0.15) is 18.1 Å². The number of carbonyl (C=O) groups is 1. The molecule has 27 heavy (non-hydrogen) atoms. The lowest BCUT2D eigenvalue weighted by molar-refractivity contribution is -0.187. The van der Waals surface area contributed by atoms with Crippen LogP contribution in [0.3, 0.4) is 0 Å². The molecule has 0 saturated heterocycles. The summed E-state index contributed by atoms with van der Waals surface area (Å²) in [5.41, 5.74) is -2.34. The van der Waals surface area contributed by atoms with Crippen molar-refractivity contribution in [3.05, 3.63) is 28.8 Å². The highest BCUT2D eigenvalue weighted by Gasteiger charge is 2.65. The molecule has 1 aromatic carbocycles. The Morgan fingerprint density at radius 3 is 2.26 bits per heavy atom. The number of hydrogen-bond acceptors (Lipinski definition) is 3. The second kappa shape index (κ2) is 6.12. The first-order valence-corrected chi connectivity index (χ1v) is 10.5. The van der Waals surface area contributed by atoms with Crippen molar-refractivity contribution in [2.75, 3.05) is 4.61 Å². The molecule has 0 saturated carbocycles. The molecule has 0 bridgehead atoms. The van der Waals surface area contributed by atoms with Gasteiger partial charge >= 0.3 is 22.4 Å². The van der Waals surface area contributed by atoms with Gasteiger partial charge in [0.15, 0.2) is 0 Å². The van der Waals surface area contributed by atoms with E-state index in [1.54, 1.807) is 0 Å². The topological polar surface area (TPSA) is 35.5 Å². The zero-order valence-corrected chi connectivity index (χ0v) is 16.2. The summed E-state index contributed by atoms with van der Waals surface area (Å²) in [6, 6.07) is 0.0375. The Kier molecular flexibility index (Phi) is 5.00. The molecule has 0 fully saturated rings. The molecular formula is C14H11F8IO3S. The molecule has 0 radical (unpaired) electrons. The summed E-state index contributed by atoms with van der Waals surface area (Å²) >= 11 is 1.52. The van der Waals surface area contributed by atoms with E-state index in [9.17, 15) is 37.4 Å². The summed E-state index contributed by atoms with van der Waals surface area (Å²) in [6.45, 7) is 1.26. The normalized spacial score (nSPS) is 19.9. The lowest BCUT2D eigenvalue weighted by atomic mass is 9.98. The van der Waals surface area contributed by atoms with Gasteiger partial charge in [0.2, 0.25) is 6.10 Å². The summed E-state index contributed by atoms with van der Waals surface area (Å²) in [5, 5.41) is 0. The van der Waals surface area contributed by atoms with E-state index in [1.165, 1.54) is 29.5 Å². The van der Waals surface area contributed by atoms with Crippen molar-refractivity contribution in [2.45, 2.75) is 30.5 Å². The van der Waals surface area contributed by atoms with Gasteiger partial charge < -0.3 is 9.47 Å². The van der Waals surface area contributed by atoms with Crippen LogP contribution in [0.4, 0.5) is 32.6 Å². The largest absolute Gasteiger partial charge is 0.475 e. The molecule has 0 amide bonds. The number of halogens is 9. The minimum absolute atomic E-state index is 0.0278. The zero-order valence-electron chi connectivity index (χ0n) is 13.3. The van der Waals surface area contributed by atoms with Gasteiger partial charge in [-0.25, -0.2) is 4.79 Å². The SMILES string of the molecule is CCc1cc(S(F)(F)(F)(F)F)cc2c1O[C@H](C(F)(F)F)C(C(=O)OCI)=C2. The standard InChI is InChI=1S/C14H11F8IO3S/c1-2-7-3-9(27(18,19,20,21)22)4-8-5-10(13(24)25-6-23)12(14(15,16)17)26-11(7)8/h3-5,12H,2,6H2,1H3/t12-/m0/s1. The second-order valence-corrected chi connectivity index (χ2v) is 8.54. The van der Waals surface area contributed by atoms with Crippen LogP contribution in [-0.2, 0) is 16.0 Å². The fourth-order valence-electron chi connectivity index (χ4n) is 2.39. The van der Waals surface area contributed by atoms with Crippen LogP contribution >= 0.6 is 32.8 Å². The van der Waals surface area contributed by atoms with Crippen LogP contribution in [0.5, 0.6) is 5.75 Å². The fraction of sp³-hybridized carbons (Fsp3) is 0.357. The van der Waals surface area contributed by atoms with Crippen molar-refractivity contribution < 1.29 is 46.9 Å². The third kappa shape index (κ3) is 4.78. The molecule has 1 aliphatic heterocycles. The molecule has 0 N–H and O–H groups in total. The average molecular weight is 538 g/mol. The number of rotatable bonds is 4. The van der Waals surface area contributed by atoms with Gasteiger partial charge in [0.25, 0.3) is 0 Å². The van der Waals surface area contributed by atoms with Crippen molar-refractivity contribution in [3.8, 4) is 5.75 Å². The van der Waals surface area contributed by atoms with Crippen LogP contribution < -0.4 is 4.74 Å². The Balaban J connectivity index is 2.76. The molecule has 154 valence electrons. The van der Waals surface area contributed by atoms with Gasteiger partial charge in [-0.3, -0.25) is 0 Å². The first-order chi connectivity index (χ1) is 12.0. The minimum atomic E-state index is -10.1. The van der Waals surface area contributed by atoms with E-state index < -0.39 is 55.8 Å². The van der Waals surface area contributed by atoms with Crippen molar-refractivity contribution in [3.63, 3.8) is 0 Å². The van der Waals surface area contributed by atoms with Gasteiger partial charge in [0.05, 0.1) is 5.57 Å². The molecule has 13 heteroatoms. The van der Waals surface area contributed by atoms with Crippen LogP contribution in [-0.4, -0.2) is 22.9 Å². The molecule has 1 heterocycles. The number of benzene rings is 1. The first-order valence-electron chi connectivity index (χ1n) is 7.07. The molecule has 0 unspecified atom stereocenters. The molecule has 1 aromatic rings. The number of carbonyl (C=O) groups excluding carboxylic acids is 1. The quantitative estimate of drug-likeness (QED) is 0.189. The van der Waals surface area contributed by atoms with Crippen molar-refractivity contribution in [1.29, 1.82) is 0 Å². The van der Waals surface area contributed by atoms with Gasteiger partial charge in [0, 0.05) is 5.56 Å². The Morgan fingerprint density at radius 1 is 1.22 bits per heavy atom. The molecule has 3 nitrogen and oxygen atoms in total. The Labute approximate surface area is 161 Å². The zero-order chi connectivity index (χ0) is 20.9. The van der Waals surface area contributed by atoms with E-state index in [4.69, 9.17) is 4.74 Å². The van der Waals surface area contributed by atoms with Crippen molar-refractivity contribution in [1.82, 2.24) is 0 Å². The molecule has 0 spiro atoms. The molecular weight excluding hydrogens is 527 g/mol. The van der Waals surface area contributed by atoms with Crippen LogP contribution in [0.2, 0.25) is 0 Å². The maximum atomic E-state index is 13.2. The molecule has 0 aliphatic carbocycles. The van der Waals surface area contributed by atoms with Gasteiger partial charge in [-0.15, -0.1) is 0 Å². The highest BCUT2D eigenvalue weighted by atomic mass is 127. The Morgan fingerprint density at radius 2 is 1.81 bits per heavy atom. The highest BCUT2D eigenvalue weighted by Crippen LogP contribution is 3.02. The third-order valence-corrected chi connectivity index (χ3v) is 4.98. The summed E-state index contributed by atoms with van der Waals surface area (Å²) in [6.07, 6.45) is -7.75. The maximum absolute atomic E-state index is 13.2. The maximum Gasteiger partial charge on any atom is 0.430 e. The molecule has 2 rings (SSSR count). The highest BCUT2D eigenvalue weighted by molar-refractivity contribution is 14.1. The predicted octanol–water partition coefficient (Wildman–Crippen LogP) is 6.55. The number of ether oxygens (including phenoxy) is 2. The number of fused-ring (bicyclic) bond motifs is 1. The lowest BCUT2D eigenvalue weighted by Crippen LogP contribution is -2.41. The summed E-state index contributed by atoms with van der Waals surface area (Å²) in [7, 11) is -10.1.